The molecule has 0 radical (unpaired) electrons. The van der Waals surface area contributed by atoms with Crippen molar-refractivity contribution in [2.45, 2.75) is 10.4 Å². The van der Waals surface area contributed by atoms with Crippen LogP contribution in [0.25, 0.3) is 10.2 Å². The smallest absolute Gasteiger partial charge is 0.336 e. The summed E-state index contributed by atoms with van der Waals surface area (Å²) >= 11 is 2.84. The van der Waals surface area contributed by atoms with E-state index in [9.17, 15) is 14.7 Å². The standard InChI is InChI=1S/C13H14N2O4S2/c1-19-12(18)9(16)6-14-11(17)7-20-13-15-8-4-2-3-5-10(8)21-13/h2-5,9,16H,6-7H2,1H3,(H,14,17). The summed E-state index contributed by atoms with van der Waals surface area (Å²) in [7, 11) is 1.18. The van der Waals surface area contributed by atoms with Gasteiger partial charge in [-0.1, -0.05) is 23.9 Å². The number of nitrogens with one attached hydrogen (secondary N) is 1. The van der Waals surface area contributed by atoms with Crippen LogP contribution in [-0.2, 0) is 14.3 Å². The minimum absolute atomic E-state index is 0.161. The Morgan fingerprint density at radius 2 is 2.24 bits per heavy atom. The normalized spacial score (nSPS) is 12.1. The van der Waals surface area contributed by atoms with E-state index in [1.165, 1.54) is 30.2 Å². The topological polar surface area (TPSA) is 88.5 Å². The van der Waals surface area contributed by atoms with Crippen molar-refractivity contribution in [2.24, 2.45) is 0 Å². The van der Waals surface area contributed by atoms with Gasteiger partial charge >= 0.3 is 5.97 Å². The first kappa shape index (κ1) is 15.7. The van der Waals surface area contributed by atoms with E-state index in [0.717, 1.165) is 14.6 Å². The minimum atomic E-state index is -1.34. The van der Waals surface area contributed by atoms with Crippen LogP contribution in [0.2, 0.25) is 0 Å². The van der Waals surface area contributed by atoms with Crippen molar-refractivity contribution in [2.75, 3.05) is 19.4 Å². The van der Waals surface area contributed by atoms with E-state index in [-0.39, 0.29) is 18.2 Å². The number of thioether (sulfide) groups is 1. The number of methoxy groups -OCH3 is 1. The average Bonchev–Trinajstić information content (AvgIpc) is 2.92. The Morgan fingerprint density at radius 3 is 2.95 bits per heavy atom. The predicted octanol–water partition coefficient (Wildman–Crippen LogP) is 1.04. The van der Waals surface area contributed by atoms with Gasteiger partial charge in [-0.2, -0.15) is 0 Å². The lowest BCUT2D eigenvalue weighted by atomic mass is 10.3. The number of carbonyl (C=O) groups is 2. The first-order valence-electron chi connectivity index (χ1n) is 6.11. The number of para-hydroxylation sites is 1. The number of esters is 1. The molecule has 0 saturated heterocycles. The molecule has 1 amide bonds. The van der Waals surface area contributed by atoms with Crippen molar-refractivity contribution >= 4 is 45.2 Å². The highest BCUT2D eigenvalue weighted by Gasteiger charge is 2.16. The van der Waals surface area contributed by atoms with Crippen LogP contribution in [0, 0.1) is 0 Å². The molecule has 0 aliphatic heterocycles. The summed E-state index contributed by atoms with van der Waals surface area (Å²) in [6.45, 7) is -0.161. The molecule has 1 heterocycles. The van der Waals surface area contributed by atoms with Gasteiger partial charge in [0.2, 0.25) is 5.91 Å². The van der Waals surface area contributed by atoms with Crippen LogP contribution in [0.1, 0.15) is 0 Å². The molecule has 2 N–H and O–H groups in total. The number of aliphatic hydroxyl groups excluding tert-OH is 1. The summed E-state index contributed by atoms with van der Waals surface area (Å²) in [5.74, 6) is -0.871. The van der Waals surface area contributed by atoms with Crippen LogP contribution in [0.15, 0.2) is 28.6 Å². The van der Waals surface area contributed by atoms with Gasteiger partial charge in [-0.05, 0) is 12.1 Å². The molecule has 0 aliphatic rings. The molecule has 0 spiro atoms. The van der Waals surface area contributed by atoms with Gasteiger partial charge in [-0.3, -0.25) is 4.79 Å². The number of benzene rings is 1. The third kappa shape index (κ3) is 4.42. The van der Waals surface area contributed by atoms with Crippen LogP contribution in [0.3, 0.4) is 0 Å². The number of aromatic nitrogens is 1. The molecule has 0 bridgehead atoms. The van der Waals surface area contributed by atoms with E-state index < -0.39 is 12.1 Å². The zero-order chi connectivity index (χ0) is 15.2. The Bertz CT molecular complexity index is 611. The second-order valence-electron chi connectivity index (χ2n) is 4.08. The molecule has 112 valence electrons. The van der Waals surface area contributed by atoms with Crippen molar-refractivity contribution in [1.82, 2.24) is 10.3 Å². The fourth-order valence-electron chi connectivity index (χ4n) is 1.52. The molecule has 0 saturated carbocycles. The monoisotopic (exact) mass is 326 g/mol. The Balaban J connectivity index is 1.80. The molecular weight excluding hydrogens is 312 g/mol. The molecule has 6 nitrogen and oxygen atoms in total. The highest BCUT2D eigenvalue weighted by atomic mass is 32.2. The van der Waals surface area contributed by atoms with E-state index in [2.05, 4.69) is 15.0 Å². The third-order valence-electron chi connectivity index (χ3n) is 2.57. The van der Waals surface area contributed by atoms with Gasteiger partial charge in [0.25, 0.3) is 0 Å². The van der Waals surface area contributed by atoms with Gasteiger partial charge in [-0.15, -0.1) is 11.3 Å². The summed E-state index contributed by atoms with van der Waals surface area (Å²) in [4.78, 5) is 27.0. The number of rotatable bonds is 6. The molecule has 0 fully saturated rings. The molecule has 1 aromatic carbocycles. The number of carbonyl (C=O) groups excluding carboxylic acids is 2. The van der Waals surface area contributed by atoms with Crippen LogP contribution < -0.4 is 5.32 Å². The molecule has 2 rings (SSSR count). The Labute approximate surface area is 129 Å². The van der Waals surface area contributed by atoms with Gasteiger partial charge in [0.1, 0.15) is 0 Å². The number of fused-ring (bicyclic) bond motifs is 1. The van der Waals surface area contributed by atoms with Crippen molar-refractivity contribution < 1.29 is 19.4 Å². The number of amides is 1. The highest BCUT2D eigenvalue weighted by molar-refractivity contribution is 8.01. The number of thiazole rings is 1. The summed E-state index contributed by atoms with van der Waals surface area (Å²) in [6, 6.07) is 7.75. The van der Waals surface area contributed by atoms with E-state index in [0.29, 0.717) is 0 Å². The molecule has 2 aromatic rings. The number of nitrogens with zero attached hydrogens (tertiary/aromatic N) is 1. The van der Waals surface area contributed by atoms with E-state index >= 15 is 0 Å². The van der Waals surface area contributed by atoms with E-state index in [1.54, 1.807) is 0 Å². The van der Waals surface area contributed by atoms with Gasteiger partial charge in [-0.25, -0.2) is 9.78 Å². The van der Waals surface area contributed by atoms with Gasteiger partial charge in [0.05, 0.1) is 29.6 Å². The number of ether oxygens (including phenoxy) is 1. The second kappa shape index (κ2) is 7.39. The molecule has 0 aliphatic carbocycles. The average molecular weight is 326 g/mol. The van der Waals surface area contributed by atoms with Crippen molar-refractivity contribution in [3.8, 4) is 0 Å². The summed E-state index contributed by atoms with van der Waals surface area (Å²) in [5, 5.41) is 11.8. The maximum atomic E-state index is 11.6. The van der Waals surface area contributed by atoms with Gasteiger partial charge in [0, 0.05) is 0 Å². The Kier molecular flexibility index (Phi) is 5.54. The maximum Gasteiger partial charge on any atom is 0.336 e. The number of aliphatic hydroxyl groups is 1. The maximum absolute atomic E-state index is 11.6. The third-order valence-corrected chi connectivity index (χ3v) is 4.75. The second-order valence-corrected chi connectivity index (χ2v) is 6.33. The SMILES string of the molecule is COC(=O)C(O)CNC(=O)CSc1nc2ccccc2s1. The van der Waals surface area contributed by atoms with Gasteiger partial charge in [0.15, 0.2) is 10.4 Å². The van der Waals surface area contributed by atoms with E-state index in [1.807, 2.05) is 24.3 Å². The van der Waals surface area contributed by atoms with Crippen LogP contribution in [0.5, 0.6) is 0 Å². The van der Waals surface area contributed by atoms with Gasteiger partial charge < -0.3 is 15.2 Å². The van der Waals surface area contributed by atoms with E-state index in [4.69, 9.17) is 0 Å². The number of hydrogen-bond acceptors (Lipinski definition) is 7. The lowest BCUT2D eigenvalue weighted by Crippen LogP contribution is -2.37. The molecular formula is C13H14N2O4S2. The minimum Gasteiger partial charge on any atom is -0.467 e. The summed E-state index contributed by atoms with van der Waals surface area (Å²) < 4.78 is 6.23. The predicted molar refractivity (Wildman–Crippen MR) is 81.4 cm³/mol. The van der Waals surface area contributed by atoms with Crippen molar-refractivity contribution in [1.29, 1.82) is 0 Å². The lowest BCUT2D eigenvalue weighted by molar-refractivity contribution is -0.150. The zero-order valence-electron chi connectivity index (χ0n) is 11.2. The first-order valence-corrected chi connectivity index (χ1v) is 7.91. The lowest BCUT2D eigenvalue weighted by Gasteiger charge is -2.09. The summed E-state index contributed by atoms with van der Waals surface area (Å²) in [5.41, 5.74) is 0.909. The Hall–Kier alpha value is -1.64. The highest BCUT2D eigenvalue weighted by Crippen LogP contribution is 2.28. The molecule has 1 unspecified atom stereocenters. The Morgan fingerprint density at radius 1 is 1.48 bits per heavy atom. The first-order chi connectivity index (χ1) is 10.1. The largest absolute Gasteiger partial charge is 0.467 e. The van der Waals surface area contributed by atoms with Crippen LogP contribution in [0.4, 0.5) is 0 Å². The summed E-state index contributed by atoms with van der Waals surface area (Å²) in [6.07, 6.45) is -1.34. The molecule has 8 heteroatoms. The van der Waals surface area contributed by atoms with Crippen molar-refractivity contribution in [3.05, 3.63) is 24.3 Å². The van der Waals surface area contributed by atoms with Crippen LogP contribution >= 0.6 is 23.1 Å². The number of hydrogen-bond donors (Lipinski definition) is 2. The van der Waals surface area contributed by atoms with Crippen LogP contribution in [-0.4, -0.2) is 47.5 Å². The zero-order valence-corrected chi connectivity index (χ0v) is 12.9. The fraction of sp³-hybridized carbons (Fsp3) is 0.308. The molecule has 1 atom stereocenters. The van der Waals surface area contributed by atoms with Crippen molar-refractivity contribution in [3.63, 3.8) is 0 Å². The molecule has 1 aromatic heterocycles. The quantitative estimate of drug-likeness (QED) is 0.609. The molecule has 21 heavy (non-hydrogen) atoms. The fourth-order valence-corrected chi connectivity index (χ4v) is 3.42.